The molecule has 0 saturated heterocycles. The van der Waals surface area contributed by atoms with Gasteiger partial charge in [-0.2, -0.15) is 0 Å². The van der Waals surface area contributed by atoms with E-state index in [1.54, 1.807) is 0 Å². The van der Waals surface area contributed by atoms with Crippen LogP contribution in [0.5, 0.6) is 5.75 Å². The minimum atomic E-state index is 0.711. The van der Waals surface area contributed by atoms with Crippen molar-refractivity contribution >= 4 is 6.08 Å². The Hall–Kier alpha value is -2.02. The van der Waals surface area contributed by atoms with Crippen LogP contribution in [0.2, 0.25) is 0 Å². The van der Waals surface area contributed by atoms with E-state index in [0.29, 0.717) is 6.61 Å². The highest BCUT2D eigenvalue weighted by Gasteiger charge is 1.92. The fourth-order valence-electron chi connectivity index (χ4n) is 1.90. The predicted molar refractivity (Wildman–Crippen MR) is 81.5 cm³/mol. The van der Waals surface area contributed by atoms with Crippen molar-refractivity contribution in [2.75, 3.05) is 6.61 Å². The smallest absolute Gasteiger partial charge is 0.119 e. The van der Waals surface area contributed by atoms with E-state index < -0.39 is 0 Å². The zero-order chi connectivity index (χ0) is 13.5. The number of ether oxygens (including phenoxy) is 1. The van der Waals surface area contributed by atoms with Crippen molar-refractivity contribution in [2.24, 2.45) is 0 Å². The van der Waals surface area contributed by atoms with Crippen LogP contribution in [-0.2, 0) is 6.42 Å². The summed E-state index contributed by atoms with van der Waals surface area (Å²) in [6.07, 6.45) is 5.31. The largest absolute Gasteiger partial charge is 0.494 e. The Morgan fingerprint density at radius 3 is 2.26 bits per heavy atom. The fraction of sp³-hybridized carbons (Fsp3) is 0.222. The molecular weight excluding hydrogens is 232 g/mol. The Kier molecular flexibility index (Phi) is 4.79. The van der Waals surface area contributed by atoms with Crippen LogP contribution in [0.3, 0.4) is 0 Å². The first-order valence-corrected chi connectivity index (χ1v) is 6.73. The number of hydrogen-bond acceptors (Lipinski definition) is 1. The minimum Gasteiger partial charge on any atom is -0.494 e. The van der Waals surface area contributed by atoms with E-state index in [1.807, 2.05) is 19.1 Å². The third-order valence-electron chi connectivity index (χ3n) is 2.98. The average molecular weight is 252 g/mol. The molecule has 98 valence electrons. The summed E-state index contributed by atoms with van der Waals surface area (Å²) in [4.78, 5) is 0. The first kappa shape index (κ1) is 13.4. The van der Waals surface area contributed by atoms with E-state index in [2.05, 4.69) is 55.5 Å². The summed E-state index contributed by atoms with van der Waals surface area (Å²) in [7, 11) is 0. The molecule has 0 aromatic heterocycles. The molecule has 0 unspecified atom stereocenters. The maximum Gasteiger partial charge on any atom is 0.119 e. The van der Waals surface area contributed by atoms with Crippen LogP contribution in [-0.4, -0.2) is 6.61 Å². The summed E-state index contributed by atoms with van der Waals surface area (Å²) < 4.78 is 5.42. The molecule has 2 rings (SSSR count). The molecule has 0 atom stereocenters. The maximum absolute atomic E-state index is 5.42. The van der Waals surface area contributed by atoms with Crippen LogP contribution in [0.25, 0.3) is 6.08 Å². The Morgan fingerprint density at radius 1 is 0.947 bits per heavy atom. The zero-order valence-electron chi connectivity index (χ0n) is 11.6. The Balaban J connectivity index is 1.93. The number of aryl methyl sites for hydroxylation is 1. The van der Waals surface area contributed by atoms with Gasteiger partial charge in [0.05, 0.1) is 6.61 Å². The summed E-state index contributed by atoms with van der Waals surface area (Å²) in [5.74, 6) is 0.929. The van der Waals surface area contributed by atoms with Gasteiger partial charge in [0, 0.05) is 0 Å². The van der Waals surface area contributed by atoms with Gasteiger partial charge in [0.1, 0.15) is 5.75 Å². The van der Waals surface area contributed by atoms with Gasteiger partial charge in [-0.15, -0.1) is 0 Å². The van der Waals surface area contributed by atoms with E-state index in [1.165, 1.54) is 16.7 Å². The highest BCUT2D eigenvalue weighted by molar-refractivity contribution is 5.51. The topological polar surface area (TPSA) is 9.23 Å². The lowest BCUT2D eigenvalue weighted by molar-refractivity contribution is 0.340. The lowest BCUT2D eigenvalue weighted by Crippen LogP contribution is -1.90. The van der Waals surface area contributed by atoms with Crippen LogP contribution in [0.15, 0.2) is 54.6 Å². The van der Waals surface area contributed by atoms with Gasteiger partial charge >= 0.3 is 0 Å². The molecule has 0 spiro atoms. The van der Waals surface area contributed by atoms with E-state index in [-0.39, 0.29) is 0 Å². The van der Waals surface area contributed by atoms with Crippen molar-refractivity contribution in [1.29, 1.82) is 0 Å². The quantitative estimate of drug-likeness (QED) is 0.752. The zero-order valence-corrected chi connectivity index (χ0v) is 11.6. The number of allylic oxidation sites excluding steroid dienone is 1. The van der Waals surface area contributed by atoms with Gasteiger partial charge in [0.2, 0.25) is 0 Å². The third-order valence-corrected chi connectivity index (χ3v) is 2.98. The van der Waals surface area contributed by atoms with E-state index >= 15 is 0 Å². The number of rotatable bonds is 5. The van der Waals surface area contributed by atoms with Crippen molar-refractivity contribution < 1.29 is 4.74 Å². The molecule has 0 radical (unpaired) electrons. The van der Waals surface area contributed by atoms with Crippen molar-refractivity contribution in [1.82, 2.24) is 0 Å². The second-order valence-electron chi connectivity index (χ2n) is 4.59. The van der Waals surface area contributed by atoms with Crippen molar-refractivity contribution in [3.05, 3.63) is 71.3 Å². The van der Waals surface area contributed by atoms with Gasteiger partial charge in [-0.1, -0.05) is 54.1 Å². The SMILES string of the molecule is CCOc1ccc(C=CCc2ccc(C)cc2)cc1. The molecule has 0 bridgehead atoms. The highest BCUT2D eigenvalue weighted by atomic mass is 16.5. The Bertz CT molecular complexity index is 521. The lowest BCUT2D eigenvalue weighted by atomic mass is 10.1. The molecule has 1 heteroatoms. The lowest BCUT2D eigenvalue weighted by Gasteiger charge is -2.02. The Morgan fingerprint density at radius 2 is 1.63 bits per heavy atom. The summed E-state index contributed by atoms with van der Waals surface area (Å²) in [6.45, 7) is 4.82. The molecule has 2 aromatic rings. The average Bonchev–Trinajstić information content (AvgIpc) is 2.43. The predicted octanol–water partition coefficient (Wildman–Crippen LogP) is 4.65. The minimum absolute atomic E-state index is 0.711. The normalized spacial score (nSPS) is 10.8. The number of benzene rings is 2. The molecule has 1 nitrogen and oxygen atoms in total. The molecule has 0 heterocycles. The van der Waals surface area contributed by atoms with Gasteiger partial charge in [-0.05, 0) is 43.5 Å². The van der Waals surface area contributed by atoms with Crippen molar-refractivity contribution in [2.45, 2.75) is 20.3 Å². The molecular formula is C18H20O. The Labute approximate surface area is 115 Å². The molecule has 0 aliphatic rings. The van der Waals surface area contributed by atoms with Crippen LogP contribution in [0, 0.1) is 6.92 Å². The van der Waals surface area contributed by atoms with Crippen LogP contribution in [0.4, 0.5) is 0 Å². The van der Waals surface area contributed by atoms with Gasteiger partial charge < -0.3 is 4.74 Å². The molecule has 2 aromatic carbocycles. The fourth-order valence-corrected chi connectivity index (χ4v) is 1.90. The molecule has 0 aliphatic carbocycles. The van der Waals surface area contributed by atoms with Crippen LogP contribution in [0.1, 0.15) is 23.6 Å². The van der Waals surface area contributed by atoms with Gasteiger partial charge in [-0.3, -0.25) is 0 Å². The summed E-state index contributed by atoms with van der Waals surface area (Å²) >= 11 is 0. The monoisotopic (exact) mass is 252 g/mol. The molecule has 0 amide bonds. The maximum atomic E-state index is 5.42. The van der Waals surface area contributed by atoms with Crippen molar-refractivity contribution in [3.63, 3.8) is 0 Å². The highest BCUT2D eigenvalue weighted by Crippen LogP contribution is 2.13. The molecule has 0 N–H and O–H groups in total. The van der Waals surface area contributed by atoms with Crippen LogP contribution < -0.4 is 4.74 Å². The molecule has 19 heavy (non-hydrogen) atoms. The second-order valence-corrected chi connectivity index (χ2v) is 4.59. The van der Waals surface area contributed by atoms with Gasteiger partial charge in [-0.25, -0.2) is 0 Å². The third kappa shape index (κ3) is 4.29. The van der Waals surface area contributed by atoms with Gasteiger partial charge in [0.25, 0.3) is 0 Å². The van der Waals surface area contributed by atoms with Gasteiger partial charge in [0.15, 0.2) is 0 Å². The molecule has 0 saturated carbocycles. The van der Waals surface area contributed by atoms with E-state index in [0.717, 1.165) is 12.2 Å². The first-order valence-electron chi connectivity index (χ1n) is 6.73. The second kappa shape index (κ2) is 6.79. The standard InChI is InChI=1S/C18H20O/c1-3-19-18-13-11-17(12-14-18)6-4-5-16-9-7-15(2)8-10-16/h4,6-14H,3,5H2,1-2H3. The summed E-state index contributed by atoms with van der Waals surface area (Å²) in [5, 5.41) is 0. The van der Waals surface area contributed by atoms with Crippen molar-refractivity contribution in [3.8, 4) is 5.75 Å². The summed E-state index contributed by atoms with van der Waals surface area (Å²) in [6, 6.07) is 16.8. The van der Waals surface area contributed by atoms with E-state index in [9.17, 15) is 0 Å². The molecule has 0 fully saturated rings. The molecule has 0 aliphatic heterocycles. The van der Waals surface area contributed by atoms with Crippen LogP contribution >= 0.6 is 0 Å². The first-order chi connectivity index (χ1) is 9.28. The van der Waals surface area contributed by atoms with E-state index in [4.69, 9.17) is 4.74 Å². The summed E-state index contributed by atoms with van der Waals surface area (Å²) in [5.41, 5.74) is 3.85. The number of hydrogen-bond donors (Lipinski definition) is 0.